The van der Waals surface area contributed by atoms with Gasteiger partial charge in [0.25, 0.3) is 0 Å². The Kier molecular flexibility index (Phi) is 4.21. The first kappa shape index (κ1) is 12.6. The van der Waals surface area contributed by atoms with Crippen LogP contribution in [0.25, 0.3) is 0 Å². The van der Waals surface area contributed by atoms with Crippen LogP contribution in [-0.2, 0) is 19.6 Å². The topological polar surface area (TPSA) is 21.1 Å². The van der Waals surface area contributed by atoms with Crippen molar-refractivity contribution in [1.82, 2.24) is 14.7 Å². The molecule has 1 aliphatic rings. The van der Waals surface area contributed by atoms with Crippen molar-refractivity contribution in [2.24, 2.45) is 5.92 Å². The average Bonchev–Trinajstić information content (AvgIpc) is 2.80. The zero-order valence-electron chi connectivity index (χ0n) is 11.4. The van der Waals surface area contributed by atoms with Crippen LogP contribution in [-0.4, -0.2) is 21.7 Å². The summed E-state index contributed by atoms with van der Waals surface area (Å²) < 4.78 is 2.18. The molecule has 3 nitrogen and oxygen atoms in total. The molecule has 0 spiro atoms. The molecule has 0 aromatic carbocycles. The summed E-state index contributed by atoms with van der Waals surface area (Å²) in [6.07, 6.45) is 7.52. The molecule has 0 fully saturated rings. The zero-order chi connectivity index (χ0) is 12.3. The van der Waals surface area contributed by atoms with E-state index in [1.807, 2.05) is 0 Å². The molecule has 2 heterocycles. The van der Waals surface area contributed by atoms with Gasteiger partial charge < -0.3 is 0 Å². The molecule has 0 aliphatic carbocycles. The van der Waals surface area contributed by atoms with Gasteiger partial charge in [-0.2, -0.15) is 5.10 Å². The molecule has 1 unspecified atom stereocenters. The Hall–Kier alpha value is -0.830. The van der Waals surface area contributed by atoms with Crippen LogP contribution in [0, 0.1) is 5.92 Å². The first-order valence-corrected chi connectivity index (χ1v) is 6.96. The van der Waals surface area contributed by atoms with E-state index in [1.165, 1.54) is 36.9 Å². The van der Waals surface area contributed by atoms with Crippen molar-refractivity contribution in [2.75, 3.05) is 7.05 Å². The first-order chi connectivity index (χ1) is 8.22. The molecule has 1 aromatic rings. The number of hydrogen-bond donors (Lipinski definition) is 0. The van der Waals surface area contributed by atoms with Gasteiger partial charge in [0, 0.05) is 31.4 Å². The molecule has 1 atom stereocenters. The molecular weight excluding hydrogens is 210 g/mol. The summed E-state index contributed by atoms with van der Waals surface area (Å²) >= 11 is 0. The normalized spacial score (nSPS) is 17.4. The van der Waals surface area contributed by atoms with Crippen LogP contribution in [0.1, 0.15) is 50.8 Å². The summed E-state index contributed by atoms with van der Waals surface area (Å²) in [5, 5.41) is 4.71. The summed E-state index contributed by atoms with van der Waals surface area (Å²) in [4.78, 5) is 2.32. The second-order valence-corrected chi connectivity index (χ2v) is 5.41. The molecule has 1 aliphatic heterocycles. The quantitative estimate of drug-likeness (QED) is 0.755. The predicted molar refractivity (Wildman–Crippen MR) is 70.7 cm³/mol. The maximum atomic E-state index is 4.71. The lowest BCUT2D eigenvalue weighted by Crippen LogP contribution is -2.14. The van der Waals surface area contributed by atoms with Gasteiger partial charge in [0.2, 0.25) is 0 Å². The van der Waals surface area contributed by atoms with Crippen LogP contribution in [0.4, 0.5) is 0 Å². The van der Waals surface area contributed by atoms with E-state index in [4.69, 9.17) is 5.10 Å². The van der Waals surface area contributed by atoms with E-state index in [1.54, 1.807) is 0 Å². The maximum absolute atomic E-state index is 4.71. The van der Waals surface area contributed by atoms with Crippen molar-refractivity contribution in [3.8, 4) is 0 Å². The third-order valence-corrected chi connectivity index (χ3v) is 3.77. The Morgan fingerprint density at radius 3 is 2.82 bits per heavy atom. The molecule has 0 N–H and O–H groups in total. The average molecular weight is 235 g/mol. The van der Waals surface area contributed by atoms with Crippen molar-refractivity contribution < 1.29 is 0 Å². The van der Waals surface area contributed by atoms with Crippen molar-refractivity contribution in [3.05, 3.63) is 17.5 Å². The smallest absolute Gasteiger partial charge is 0.0809 e. The van der Waals surface area contributed by atoms with Gasteiger partial charge in [-0.1, -0.05) is 33.1 Å². The standard InChI is InChI=1S/C14H25N3/c1-4-6-7-12(5-2)8-17-10-13-9-16(3)11-14(13)15-17/h10,12H,4-9,11H2,1-3H3. The minimum atomic E-state index is 0.799. The third-order valence-electron chi connectivity index (χ3n) is 3.77. The highest BCUT2D eigenvalue weighted by Crippen LogP contribution is 2.21. The molecule has 0 saturated heterocycles. The Labute approximate surface area is 105 Å². The summed E-state index contributed by atoms with van der Waals surface area (Å²) in [6.45, 7) is 7.76. The molecule has 3 heteroatoms. The van der Waals surface area contributed by atoms with E-state index >= 15 is 0 Å². The molecule has 17 heavy (non-hydrogen) atoms. The highest BCUT2D eigenvalue weighted by molar-refractivity contribution is 5.20. The first-order valence-electron chi connectivity index (χ1n) is 6.96. The van der Waals surface area contributed by atoms with Crippen molar-refractivity contribution in [3.63, 3.8) is 0 Å². The number of aromatic nitrogens is 2. The van der Waals surface area contributed by atoms with E-state index in [9.17, 15) is 0 Å². The number of hydrogen-bond acceptors (Lipinski definition) is 2. The van der Waals surface area contributed by atoms with Crippen LogP contribution >= 0.6 is 0 Å². The predicted octanol–water partition coefficient (Wildman–Crippen LogP) is 3.04. The van der Waals surface area contributed by atoms with Crippen molar-refractivity contribution >= 4 is 0 Å². The molecule has 0 bridgehead atoms. The van der Waals surface area contributed by atoms with Crippen LogP contribution in [0.5, 0.6) is 0 Å². The molecule has 1 aromatic heterocycles. The highest BCUT2D eigenvalue weighted by atomic mass is 15.3. The van der Waals surface area contributed by atoms with E-state index in [0.717, 1.165) is 25.6 Å². The molecule has 0 amide bonds. The van der Waals surface area contributed by atoms with Crippen molar-refractivity contribution in [2.45, 2.75) is 59.2 Å². The maximum Gasteiger partial charge on any atom is 0.0809 e. The zero-order valence-corrected chi connectivity index (χ0v) is 11.4. The lowest BCUT2D eigenvalue weighted by Gasteiger charge is -2.14. The number of rotatable bonds is 6. The number of nitrogens with zero attached hydrogens (tertiary/aromatic N) is 3. The highest BCUT2D eigenvalue weighted by Gasteiger charge is 2.20. The summed E-state index contributed by atoms with van der Waals surface area (Å²) in [7, 11) is 2.15. The lowest BCUT2D eigenvalue weighted by molar-refractivity contribution is 0.335. The van der Waals surface area contributed by atoms with Gasteiger partial charge in [-0.05, 0) is 19.4 Å². The fraction of sp³-hybridized carbons (Fsp3) is 0.786. The monoisotopic (exact) mass is 235 g/mol. The molecule has 0 saturated carbocycles. The Bertz CT molecular complexity index is 333. The molecular formula is C14H25N3. The molecule has 96 valence electrons. The molecule has 2 rings (SSSR count). The number of fused-ring (bicyclic) bond motifs is 1. The van der Waals surface area contributed by atoms with E-state index in [2.05, 4.69) is 36.7 Å². The van der Waals surface area contributed by atoms with Crippen LogP contribution in [0.15, 0.2) is 6.20 Å². The van der Waals surface area contributed by atoms with Crippen LogP contribution < -0.4 is 0 Å². The SMILES string of the molecule is CCCCC(CC)Cn1cc2c(n1)CN(C)C2. The van der Waals surface area contributed by atoms with Crippen LogP contribution in [0.3, 0.4) is 0 Å². The van der Waals surface area contributed by atoms with E-state index in [-0.39, 0.29) is 0 Å². The minimum Gasteiger partial charge on any atom is -0.296 e. The van der Waals surface area contributed by atoms with E-state index in [0.29, 0.717) is 0 Å². The number of unbranched alkanes of at least 4 members (excludes halogenated alkanes) is 1. The van der Waals surface area contributed by atoms with Gasteiger partial charge in [-0.15, -0.1) is 0 Å². The Balaban J connectivity index is 1.92. The molecule has 0 radical (unpaired) electrons. The van der Waals surface area contributed by atoms with Crippen LogP contribution in [0.2, 0.25) is 0 Å². The van der Waals surface area contributed by atoms with Gasteiger partial charge in [0.15, 0.2) is 0 Å². The fourth-order valence-corrected chi connectivity index (χ4v) is 2.65. The van der Waals surface area contributed by atoms with Gasteiger partial charge in [0.05, 0.1) is 5.69 Å². The lowest BCUT2D eigenvalue weighted by atomic mass is 9.99. The fourth-order valence-electron chi connectivity index (χ4n) is 2.65. The van der Waals surface area contributed by atoms with Crippen molar-refractivity contribution in [1.29, 1.82) is 0 Å². The largest absolute Gasteiger partial charge is 0.296 e. The minimum absolute atomic E-state index is 0.799. The Morgan fingerprint density at radius 1 is 1.35 bits per heavy atom. The third kappa shape index (κ3) is 3.09. The van der Waals surface area contributed by atoms with Gasteiger partial charge in [-0.3, -0.25) is 9.58 Å². The summed E-state index contributed by atoms with van der Waals surface area (Å²) in [6, 6.07) is 0. The van der Waals surface area contributed by atoms with Gasteiger partial charge in [-0.25, -0.2) is 0 Å². The Morgan fingerprint density at radius 2 is 2.18 bits per heavy atom. The second kappa shape index (κ2) is 5.67. The second-order valence-electron chi connectivity index (χ2n) is 5.41. The summed E-state index contributed by atoms with van der Waals surface area (Å²) in [5.74, 6) is 0.799. The van der Waals surface area contributed by atoms with E-state index < -0.39 is 0 Å². The van der Waals surface area contributed by atoms with Gasteiger partial charge >= 0.3 is 0 Å². The van der Waals surface area contributed by atoms with Gasteiger partial charge in [0.1, 0.15) is 0 Å². The summed E-state index contributed by atoms with van der Waals surface area (Å²) in [5.41, 5.74) is 2.72.